The number of para-hydroxylation sites is 1. The minimum atomic E-state index is -0.399. The number of benzene rings is 2. The van der Waals surface area contributed by atoms with Crippen LogP contribution in [0.25, 0.3) is 11.0 Å². The van der Waals surface area contributed by atoms with E-state index in [2.05, 4.69) is 15.4 Å². The summed E-state index contributed by atoms with van der Waals surface area (Å²) in [6.45, 7) is 3.50. The van der Waals surface area contributed by atoms with E-state index in [1.807, 2.05) is 61.5 Å². The normalized spacial score (nSPS) is 15.6. The lowest BCUT2D eigenvalue weighted by atomic mass is 10.1. The third kappa shape index (κ3) is 4.57. The van der Waals surface area contributed by atoms with Gasteiger partial charge in [-0.15, -0.1) is 0 Å². The molecule has 0 aliphatic carbocycles. The highest BCUT2D eigenvalue weighted by molar-refractivity contribution is 6.00. The van der Waals surface area contributed by atoms with Crippen molar-refractivity contribution in [2.24, 2.45) is 5.92 Å². The van der Waals surface area contributed by atoms with Gasteiger partial charge in [0.1, 0.15) is 11.7 Å². The highest BCUT2D eigenvalue weighted by Gasteiger charge is 2.34. The Kier molecular flexibility index (Phi) is 6.13. The molecule has 1 unspecified atom stereocenters. The average Bonchev–Trinajstić information content (AvgIpc) is 3.47. The van der Waals surface area contributed by atoms with E-state index in [-0.39, 0.29) is 23.8 Å². The minimum Gasteiger partial charge on any atom is -0.354 e. The predicted octanol–water partition coefficient (Wildman–Crippen LogP) is 2.12. The number of hydrogen-bond donors (Lipinski definition) is 1. The van der Waals surface area contributed by atoms with Crippen molar-refractivity contribution < 1.29 is 9.59 Å². The van der Waals surface area contributed by atoms with Crippen LogP contribution >= 0.6 is 0 Å². The fraction of sp³-hybridized carbons (Fsp3) is 0.269. The summed E-state index contributed by atoms with van der Waals surface area (Å²) in [7, 11) is 0. The Morgan fingerprint density at radius 2 is 1.86 bits per heavy atom. The summed E-state index contributed by atoms with van der Waals surface area (Å²) >= 11 is 0. The Bertz CT molecular complexity index is 1440. The molecule has 1 atom stereocenters. The number of hydrogen-bond acceptors (Lipinski definition) is 5. The maximum Gasteiger partial charge on any atom is 0.264 e. The molecule has 1 N–H and O–H groups in total. The van der Waals surface area contributed by atoms with Gasteiger partial charge in [-0.3, -0.25) is 19.0 Å². The Morgan fingerprint density at radius 3 is 2.66 bits per heavy atom. The van der Waals surface area contributed by atoms with Gasteiger partial charge in [-0.1, -0.05) is 42.5 Å². The van der Waals surface area contributed by atoms with Crippen LogP contribution in [0.4, 0.5) is 5.69 Å². The van der Waals surface area contributed by atoms with E-state index in [0.29, 0.717) is 37.2 Å². The van der Waals surface area contributed by atoms with Crippen LogP contribution in [0.2, 0.25) is 0 Å². The second-order valence-electron chi connectivity index (χ2n) is 8.74. The number of aromatic nitrogens is 4. The van der Waals surface area contributed by atoms with E-state index >= 15 is 0 Å². The van der Waals surface area contributed by atoms with E-state index < -0.39 is 5.92 Å². The first kappa shape index (κ1) is 22.5. The van der Waals surface area contributed by atoms with Crippen molar-refractivity contribution in [1.82, 2.24) is 24.6 Å². The van der Waals surface area contributed by atoms with Crippen LogP contribution in [-0.2, 0) is 22.7 Å². The van der Waals surface area contributed by atoms with Crippen LogP contribution in [0.15, 0.2) is 71.9 Å². The van der Waals surface area contributed by atoms with Crippen LogP contribution in [-0.4, -0.2) is 44.2 Å². The Morgan fingerprint density at radius 1 is 1.09 bits per heavy atom. The molecular formula is C26H26N6O3. The molecule has 0 saturated carbocycles. The lowest BCUT2D eigenvalue weighted by Gasteiger charge is -2.16. The molecule has 9 nitrogen and oxygen atoms in total. The van der Waals surface area contributed by atoms with Crippen LogP contribution in [0.3, 0.4) is 0 Å². The van der Waals surface area contributed by atoms with E-state index in [1.54, 1.807) is 14.1 Å². The van der Waals surface area contributed by atoms with Gasteiger partial charge < -0.3 is 10.2 Å². The summed E-state index contributed by atoms with van der Waals surface area (Å²) in [5.74, 6) is -0.619. The SMILES string of the molecule is Cc1ccccc1Cn1cnc2c(cnn2CCNC(=O)C2CC(=O)N(c3ccccc3)C2)c1=O. The number of carbonyl (C=O) groups is 2. The standard InChI is InChI=1S/C26H26N6O3/c1-18-7-5-6-8-19(18)15-30-17-28-24-22(26(30)35)14-29-32(24)12-11-27-25(34)20-13-23(33)31(16-20)21-9-3-2-4-10-21/h2-10,14,17,20H,11-13,15-16H2,1H3,(H,27,34). The fourth-order valence-electron chi connectivity index (χ4n) is 4.41. The molecule has 1 fully saturated rings. The first-order valence-electron chi connectivity index (χ1n) is 11.6. The van der Waals surface area contributed by atoms with Gasteiger partial charge in [0.05, 0.1) is 25.2 Å². The number of nitrogens with zero attached hydrogens (tertiary/aromatic N) is 5. The van der Waals surface area contributed by atoms with Gasteiger partial charge in [0.25, 0.3) is 5.56 Å². The molecule has 0 bridgehead atoms. The second-order valence-corrected chi connectivity index (χ2v) is 8.74. The van der Waals surface area contributed by atoms with Crippen LogP contribution < -0.4 is 15.8 Å². The van der Waals surface area contributed by atoms with Crippen LogP contribution in [0.5, 0.6) is 0 Å². The topological polar surface area (TPSA) is 102 Å². The fourth-order valence-corrected chi connectivity index (χ4v) is 4.41. The molecule has 1 aliphatic heterocycles. The lowest BCUT2D eigenvalue weighted by molar-refractivity contribution is -0.126. The van der Waals surface area contributed by atoms with Crippen molar-refractivity contribution in [2.45, 2.75) is 26.4 Å². The van der Waals surface area contributed by atoms with Crippen LogP contribution in [0.1, 0.15) is 17.5 Å². The highest BCUT2D eigenvalue weighted by Crippen LogP contribution is 2.24. The first-order chi connectivity index (χ1) is 17.0. The maximum absolute atomic E-state index is 13.0. The van der Waals surface area contributed by atoms with Crippen molar-refractivity contribution >= 4 is 28.5 Å². The summed E-state index contributed by atoms with van der Waals surface area (Å²) in [4.78, 5) is 44.1. The van der Waals surface area contributed by atoms with Gasteiger partial charge >= 0.3 is 0 Å². The van der Waals surface area contributed by atoms with Gasteiger partial charge in [0, 0.05) is 25.2 Å². The molecule has 3 heterocycles. The monoisotopic (exact) mass is 470 g/mol. The van der Waals surface area contributed by atoms with E-state index in [9.17, 15) is 14.4 Å². The van der Waals surface area contributed by atoms with E-state index in [4.69, 9.17) is 0 Å². The first-order valence-corrected chi connectivity index (χ1v) is 11.6. The van der Waals surface area contributed by atoms with Crippen molar-refractivity contribution in [1.29, 1.82) is 0 Å². The van der Waals surface area contributed by atoms with Gasteiger partial charge in [-0.2, -0.15) is 5.10 Å². The van der Waals surface area contributed by atoms with Gasteiger partial charge in [0.2, 0.25) is 11.8 Å². The van der Waals surface area contributed by atoms with Gasteiger partial charge in [-0.25, -0.2) is 9.67 Å². The number of rotatable bonds is 7. The van der Waals surface area contributed by atoms with Crippen molar-refractivity contribution in [2.75, 3.05) is 18.0 Å². The number of nitrogens with one attached hydrogen (secondary N) is 1. The molecule has 2 aromatic carbocycles. The third-order valence-electron chi connectivity index (χ3n) is 6.41. The van der Waals surface area contributed by atoms with Crippen molar-refractivity contribution in [3.63, 3.8) is 0 Å². The Hall–Kier alpha value is -4.27. The zero-order valence-electron chi connectivity index (χ0n) is 19.4. The lowest BCUT2D eigenvalue weighted by Crippen LogP contribution is -2.35. The molecule has 4 aromatic rings. The summed E-state index contributed by atoms with van der Waals surface area (Å²) in [5, 5.41) is 7.64. The number of aryl methyl sites for hydroxylation is 1. The van der Waals surface area contributed by atoms with Crippen molar-refractivity contribution in [3.05, 3.63) is 88.6 Å². The Balaban J connectivity index is 1.21. The predicted molar refractivity (Wildman–Crippen MR) is 132 cm³/mol. The molecule has 9 heteroatoms. The number of amides is 2. The zero-order chi connectivity index (χ0) is 24.4. The molecule has 0 spiro atoms. The highest BCUT2D eigenvalue weighted by atomic mass is 16.2. The van der Waals surface area contributed by atoms with Crippen LogP contribution in [0, 0.1) is 12.8 Å². The van der Waals surface area contributed by atoms with Gasteiger partial charge in [0.15, 0.2) is 5.65 Å². The number of anilines is 1. The summed E-state index contributed by atoms with van der Waals surface area (Å²) in [6.07, 6.45) is 3.25. The third-order valence-corrected chi connectivity index (χ3v) is 6.41. The quantitative estimate of drug-likeness (QED) is 0.446. The number of carbonyl (C=O) groups excluding carboxylic acids is 2. The largest absolute Gasteiger partial charge is 0.354 e. The molecule has 2 amide bonds. The Labute approximate surface area is 202 Å². The molecule has 1 saturated heterocycles. The zero-order valence-corrected chi connectivity index (χ0v) is 19.4. The maximum atomic E-state index is 13.0. The van der Waals surface area contributed by atoms with E-state index in [0.717, 1.165) is 16.8 Å². The summed E-state index contributed by atoms with van der Waals surface area (Å²) < 4.78 is 3.19. The van der Waals surface area contributed by atoms with E-state index in [1.165, 1.54) is 12.5 Å². The molecule has 2 aromatic heterocycles. The van der Waals surface area contributed by atoms with Crippen molar-refractivity contribution in [3.8, 4) is 0 Å². The number of fused-ring (bicyclic) bond motifs is 1. The second kappa shape index (κ2) is 9.54. The molecular weight excluding hydrogens is 444 g/mol. The average molecular weight is 471 g/mol. The molecule has 178 valence electrons. The molecule has 35 heavy (non-hydrogen) atoms. The molecule has 5 rings (SSSR count). The molecule has 1 aliphatic rings. The minimum absolute atomic E-state index is 0.0550. The summed E-state index contributed by atoms with van der Waals surface area (Å²) in [5.41, 5.74) is 3.30. The van der Waals surface area contributed by atoms with Gasteiger partial charge in [-0.05, 0) is 30.2 Å². The summed E-state index contributed by atoms with van der Waals surface area (Å²) in [6, 6.07) is 17.3. The smallest absolute Gasteiger partial charge is 0.264 e. The molecule has 0 radical (unpaired) electrons.